The van der Waals surface area contributed by atoms with Crippen LogP contribution in [0.4, 0.5) is 28.0 Å². The van der Waals surface area contributed by atoms with E-state index in [1.807, 2.05) is 0 Å². The number of hydrogen-bond donors (Lipinski definition) is 2. The van der Waals surface area contributed by atoms with Crippen LogP contribution in [-0.2, 0) is 15.1 Å². The number of carbonyl (C=O) groups excluding carboxylic acids is 2. The Bertz CT molecular complexity index is 862. The summed E-state index contributed by atoms with van der Waals surface area (Å²) in [5.74, 6) is -2.46. The van der Waals surface area contributed by atoms with E-state index in [0.717, 1.165) is 30.3 Å². The lowest BCUT2D eigenvalue weighted by Gasteiger charge is -2.34. The Kier molecular flexibility index (Phi) is 6.50. The lowest BCUT2D eigenvalue weighted by Crippen LogP contribution is -2.62. The average Bonchev–Trinajstić information content (AvgIpc) is 2.62. The number of esters is 1. The monoisotopic (exact) mass is 418 g/mol. The molecule has 5 nitrogen and oxygen atoms in total. The van der Waals surface area contributed by atoms with Crippen LogP contribution in [0.1, 0.15) is 12.5 Å². The highest BCUT2D eigenvalue weighted by molar-refractivity contribution is 6.31. The molecule has 2 N–H and O–H groups in total. The molecule has 0 spiro atoms. The Balaban J connectivity index is 2.44. The zero-order chi connectivity index (χ0) is 20.9. The predicted molar refractivity (Wildman–Crippen MR) is 94.4 cm³/mol. The SMILES string of the molecule is CCOC(=O)[C@](NC(=O)Nc1ccc(F)c(Cl)c1)(c1ccccc1)C(F)(F)F. The van der Waals surface area contributed by atoms with E-state index in [1.54, 1.807) is 5.32 Å². The number of rotatable bonds is 5. The molecule has 1 atom stereocenters. The minimum atomic E-state index is -5.22. The molecule has 0 aliphatic heterocycles. The summed E-state index contributed by atoms with van der Waals surface area (Å²) in [4.78, 5) is 24.6. The molecular weight excluding hydrogens is 404 g/mol. The molecule has 0 aromatic heterocycles. The first-order valence-corrected chi connectivity index (χ1v) is 8.33. The van der Waals surface area contributed by atoms with Crippen molar-refractivity contribution in [1.82, 2.24) is 5.32 Å². The zero-order valence-corrected chi connectivity index (χ0v) is 15.2. The van der Waals surface area contributed by atoms with Gasteiger partial charge in [0.05, 0.1) is 11.6 Å². The first-order chi connectivity index (χ1) is 13.1. The number of nitrogens with one attached hydrogen (secondary N) is 2. The fraction of sp³-hybridized carbons (Fsp3) is 0.222. The number of urea groups is 1. The summed E-state index contributed by atoms with van der Waals surface area (Å²) in [6, 6.07) is 7.79. The first-order valence-electron chi connectivity index (χ1n) is 7.95. The molecule has 0 heterocycles. The van der Waals surface area contributed by atoms with E-state index in [4.69, 9.17) is 11.6 Å². The summed E-state index contributed by atoms with van der Waals surface area (Å²) in [6.07, 6.45) is -5.22. The van der Waals surface area contributed by atoms with Crippen molar-refractivity contribution in [2.75, 3.05) is 11.9 Å². The third kappa shape index (κ3) is 4.36. The van der Waals surface area contributed by atoms with E-state index < -0.39 is 35.1 Å². The Morgan fingerprint density at radius 3 is 2.29 bits per heavy atom. The molecule has 0 saturated carbocycles. The minimum Gasteiger partial charge on any atom is -0.464 e. The predicted octanol–water partition coefficient (Wildman–Crippen LogP) is 4.62. The quantitative estimate of drug-likeness (QED) is 0.550. The molecule has 0 radical (unpaired) electrons. The minimum absolute atomic E-state index is 0.0723. The van der Waals surface area contributed by atoms with Gasteiger partial charge < -0.3 is 15.4 Å². The van der Waals surface area contributed by atoms with Gasteiger partial charge >= 0.3 is 18.2 Å². The molecule has 2 amide bonds. The van der Waals surface area contributed by atoms with Crippen molar-refractivity contribution in [3.63, 3.8) is 0 Å². The Hall–Kier alpha value is -2.81. The van der Waals surface area contributed by atoms with Gasteiger partial charge in [0.15, 0.2) is 0 Å². The maximum atomic E-state index is 14.0. The molecule has 0 bridgehead atoms. The molecule has 2 rings (SSSR count). The maximum Gasteiger partial charge on any atom is 0.426 e. The van der Waals surface area contributed by atoms with Crippen LogP contribution in [0.5, 0.6) is 0 Å². The van der Waals surface area contributed by atoms with Gasteiger partial charge in [-0.2, -0.15) is 13.2 Å². The standard InChI is InChI=1S/C18H15ClF4N2O3/c1-2-28-15(26)17(18(21,22)23,11-6-4-3-5-7-11)25-16(27)24-12-8-9-14(20)13(19)10-12/h3-10H,2H2,1H3,(H2,24,25,27)/t17-/m1/s1. The summed E-state index contributed by atoms with van der Waals surface area (Å²) in [5.41, 5.74) is -4.05. The molecular formula is C18H15ClF4N2O3. The molecule has 0 unspecified atom stereocenters. The number of ether oxygens (including phenoxy) is 1. The van der Waals surface area contributed by atoms with Crippen molar-refractivity contribution >= 4 is 29.3 Å². The van der Waals surface area contributed by atoms with Crippen LogP contribution in [0.3, 0.4) is 0 Å². The van der Waals surface area contributed by atoms with Crippen LogP contribution in [0, 0.1) is 5.82 Å². The fourth-order valence-corrected chi connectivity index (χ4v) is 2.61. The van der Waals surface area contributed by atoms with Crippen LogP contribution < -0.4 is 10.6 Å². The summed E-state index contributed by atoms with van der Waals surface area (Å²) in [6.45, 7) is 1.00. The number of hydrogen-bond acceptors (Lipinski definition) is 3. The van der Waals surface area contributed by atoms with Crippen LogP contribution >= 0.6 is 11.6 Å². The Morgan fingerprint density at radius 2 is 1.75 bits per heavy atom. The summed E-state index contributed by atoms with van der Waals surface area (Å²) >= 11 is 5.59. The largest absolute Gasteiger partial charge is 0.464 e. The third-order valence-electron chi connectivity index (χ3n) is 3.69. The molecule has 0 fully saturated rings. The van der Waals surface area contributed by atoms with Gasteiger partial charge in [0.1, 0.15) is 5.82 Å². The number of carbonyl (C=O) groups is 2. The van der Waals surface area contributed by atoms with Gasteiger partial charge in [-0.3, -0.25) is 0 Å². The average molecular weight is 419 g/mol. The second kappa shape index (κ2) is 8.47. The number of anilines is 1. The van der Waals surface area contributed by atoms with Crippen LogP contribution in [0.25, 0.3) is 0 Å². The van der Waals surface area contributed by atoms with Crippen molar-refractivity contribution in [3.05, 3.63) is 64.9 Å². The zero-order valence-electron chi connectivity index (χ0n) is 14.4. The van der Waals surface area contributed by atoms with Crippen LogP contribution in [-0.4, -0.2) is 24.8 Å². The smallest absolute Gasteiger partial charge is 0.426 e. The Morgan fingerprint density at radius 1 is 1.11 bits per heavy atom. The first kappa shape index (κ1) is 21.5. The highest BCUT2D eigenvalue weighted by Crippen LogP contribution is 2.40. The van der Waals surface area contributed by atoms with Gasteiger partial charge in [0, 0.05) is 5.69 Å². The lowest BCUT2D eigenvalue weighted by molar-refractivity contribution is -0.213. The van der Waals surface area contributed by atoms with Crippen molar-refractivity contribution in [2.45, 2.75) is 18.6 Å². The summed E-state index contributed by atoms with van der Waals surface area (Å²) in [7, 11) is 0. The van der Waals surface area contributed by atoms with Crippen molar-refractivity contribution in [2.24, 2.45) is 0 Å². The molecule has 2 aromatic carbocycles. The van der Waals surface area contributed by atoms with Gasteiger partial charge in [-0.1, -0.05) is 41.9 Å². The van der Waals surface area contributed by atoms with Gasteiger partial charge in [0.2, 0.25) is 0 Å². The van der Waals surface area contributed by atoms with Crippen LogP contribution in [0.2, 0.25) is 5.02 Å². The Labute approximate surface area is 162 Å². The van der Waals surface area contributed by atoms with E-state index in [-0.39, 0.29) is 17.3 Å². The van der Waals surface area contributed by atoms with Gasteiger partial charge in [-0.25, -0.2) is 14.0 Å². The summed E-state index contributed by atoms with van der Waals surface area (Å²) < 4.78 is 59.9. The number of halogens is 5. The molecule has 28 heavy (non-hydrogen) atoms. The number of alkyl halides is 3. The highest BCUT2D eigenvalue weighted by Gasteiger charge is 2.64. The maximum absolute atomic E-state index is 14.0. The second-order valence-electron chi connectivity index (χ2n) is 5.54. The molecule has 0 saturated heterocycles. The molecule has 2 aromatic rings. The van der Waals surface area contributed by atoms with E-state index in [0.29, 0.717) is 0 Å². The lowest BCUT2D eigenvalue weighted by atomic mass is 9.89. The second-order valence-corrected chi connectivity index (χ2v) is 5.95. The van der Waals surface area contributed by atoms with E-state index >= 15 is 0 Å². The molecule has 0 aliphatic rings. The molecule has 10 heteroatoms. The van der Waals surface area contributed by atoms with Gasteiger partial charge in [-0.05, 0) is 30.7 Å². The third-order valence-corrected chi connectivity index (χ3v) is 3.98. The van der Waals surface area contributed by atoms with E-state index in [2.05, 4.69) is 10.1 Å². The van der Waals surface area contributed by atoms with Gasteiger partial charge in [0.25, 0.3) is 5.54 Å². The number of amides is 2. The van der Waals surface area contributed by atoms with Crippen molar-refractivity contribution in [3.8, 4) is 0 Å². The fourth-order valence-electron chi connectivity index (χ4n) is 2.43. The van der Waals surface area contributed by atoms with Crippen LogP contribution in [0.15, 0.2) is 48.5 Å². The molecule has 0 aliphatic carbocycles. The highest BCUT2D eigenvalue weighted by atomic mass is 35.5. The summed E-state index contributed by atoms with van der Waals surface area (Å²) in [5, 5.41) is 3.42. The normalized spacial score (nSPS) is 13.4. The van der Waals surface area contributed by atoms with Crippen molar-refractivity contribution < 1.29 is 31.9 Å². The van der Waals surface area contributed by atoms with E-state index in [1.165, 1.54) is 25.1 Å². The van der Waals surface area contributed by atoms with E-state index in [9.17, 15) is 27.2 Å². The van der Waals surface area contributed by atoms with Crippen molar-refractivity contribution in [1.29, 1.82) is 0 Å². The van der Waals surface area contributed by atoms with Gasteiger partial charge in [-0.15, -0.1) is 0 Å². The number of benzene rings is 2. The molecule has 150 valence electrons. The topological polar surface area (TPSA) is 67.4 Å².